The molecule has 2 aromatic carbocycles. The summed E-state index contributed by atoms with van der Waals surface area (Å²) in [5.74, 6) is -0.213. The Morgan fingerprint density at radius 3 is 2.46 bits per heavy atom. The standard InChI is InChI=1S/C20H22ClNO4/c1-5-18(26-15-8-6-12(2)13(3)10-15)19(23)22-17-11-14(20(24)25-4)7-9-16(17)21/h6-11,18H,5H2,1-4H3,(H,22,23). The number of carbonyl (C=O) groups is 2. The Labute approximate surface area is 158 Å². The predicted octanol–water partition coefficient (Wildman–Crippen LogP) is 4.54. The van der Waals surface area contributed by atoms with Crippen LogP contribution in [0.15, 0.2) is 36.4 Å². The Hall–Kier alpha value is -2.53. The topological polar surface area (TPSA) is 64.6 Å². The van der Waals surface area contributed by atoms with Crippen LogP contribution in [0.3, 0.4) is 0 Å². The summed E-state index contributed by atoms with van der Waals surface area (Å²) >= 11 is 6.13. The highest BCUT2D eigenvalue weighted by atomic mass is 35.5. The van der Waals surface area contributed by atoms with Gasteiger partial charge in [0.25, 0.3) is 5.91 Å². The van der Waals surface area contributed by atoms with Gasteiger partial charge >= 0.3 is 5.97 Å². The molecule has 0 saturated carbocycles. The molecule has 26 heavy (non-hydrogen) atoms. The van der Waals surface area contributed by atoms with Crippen molar-refractivity contribution in [3.8, 4) is 5.75 Å². The normalized spacial score (nSPS) is 11.6. The lowest BCUT2D eigenvalue weighted by molar-refractivity contribution is -0.122. The molecule has 0 bridgehead atoms. The summed E-state index contributed by atoms with van der Waals surface area (Å²) < 4.78 is 10.5. The molecule has 0 aliphatic rings. The first-order valence-corrected chi connectivity index (χ1v) is 8.66. The summed E-state index contributed by atoms with van der Waals surface area (Å²) in [4.78, 5) is 24.2. The first-order chi connectivity index (χ1) is 12.3. The maximum atomic E-state index is 12.6. The van der Waals surface area contributed by atoms with Gasteiger partial charge in [-0.2, -0.15) is 0 Å². The van der Waals surface area contributed by atoms with Gasteiger partial charge in [0.15, 0.2) is 6.10 Å². The molecule has 2 rings (SSSR count). The number of hydrogen-bond acceptors (Lipinski definition) is 4. The second kappa shape index (κ2) is 8.72. The third-order valence-electron chi connectivity index (χ3n) is 4.07. The van der Waals surface area contributed by atoms with Crippen LogP contribution in [-0.2, 0) is 9.53 Å². The van der Waals surface area contributed by atoms with E-state index in [-0.39, 0.29) is 5.91 Å². The van der Waals surface area contributed by atoms with Crippen LogP contribution in [0.2, 0.25) is 5.02 Å². The molecule has 0 fully saturated rings. The van der Waals surface area contributed by atoms with E-state index in [1.165, 1.54) is 25.3 Å². The van der Waals surface area contributed by atoms with Gasteiger partial charge in [-0.15, -0.1) is 0 Å². The monoisotopic (exact) mass is 375 g/mol. The Bertz CT molecular complexity index is 819. The van der Waals surface area contributed by atoms with Gasteiger partial charge < -0.3 is 14.8 Å². The number of carbonyl (C=O) groups excluding carboxylic acids is 2. The van der Waals surface area contributed by atoms with Crippen LogP contribution in [0.25, 0.3) is 0 Å². The van der Waals surface area contributed by atoms with Gasteiger partial charge in [0, 0.05) is 0 Å². The van der Waals surface area contributed by atoms with Crippen LogP contribution < -0.4 is 10.1 Å². The number of nitrogens with one attached hydrogen (secondary N) is 1. The Balaban J connectivity index is 2.16. The summed E-state index contributed by atoms with van der Waals surface area (Å²) in [6.07, 6.45) is -0.206. The van der Waals surface area contributed by atoms with E-state index in [1.807, 2.05) is 39.0 Å². The highest BCUT2D eigenvalue weighted by Gasteiger charge is 2.20. The number of esters is 1. The molecule has 0 saturated heterocycles. The van der Waals surface area contributed by atoms with Crippen LogP contribution in [-0.4, -0.2) is 25.1 Å². The van der Waals surface area contributed by atoms with Crippen molar-refractivity contribution >= 4 is 29.2 Å². The molecule has 0 aromatic heterocycles. The molecule has 2 aromatic rings. The molecule has 1 atom stereocenters. The molecule has 1 N–H and O–H groups in total. The zero-order valence-corrected chi connectivity index (χ0v) is 16.0. The van der Waals surface area contributed by atoms with E-state index in [2.05, 4.69) is 10.1 Å². The predicted molar refractivity (Wildman–Crippen MR) is 102 cm³/mol. The van der Waals surface area contributed by atoms with Gasteiger partial charge in [-0.25, -0.2) is 4.79 Å². The van der Waals surface area contributed by atoms with E-state index in [0.717, 1.165) is 11.1 Å². The van der Waals surface area contributed by atoms with Gasteiger partial charge in [-0.05, 0) is 61.7 Å². The minimum absolute atomic E-state index is 0.301. The lowest BCUT2D eigenvalue weighted by Crippen LogP contribution is -2.32. The quantitative estimate of drug-likeness (QED) is 0.753. The first-order valence-electron chi connectivity index (χ1n) is 8.28. The average Bonchev–Trinajstić information content (AvgIpc) is 2.63. The highest BCUT2D eigenvalue weighted by molar-refractivity contribution is 6.33. The van der Waals surface area contributed by atoms with Gasteiger partial charge in [0.2, 0.25) is 0 Å². The van der Waals surface area contributed by atoms with Gasteiger partial charge in [0.1, 0.15) is 5.75 Å². The van der Waals surface area contributed by atoms with Crippen molar-refractivity contribution in [3.05, 3.63) is 58.1 Å². The minimum Gasteiger partial charge on any atom is -0.481 e. The van der Waals surface area contributed by atoms with E-state index in [9.17, 15) is 9.59 Å². The Morgan fingerprint density at radius 1 is 1.12 bits per heavy atom. The average molecular weight is 376 g/mol. The molecule has 6 heteroatoms. The first kappa shape index (κ1) is 19.8. The fourth-order valence-corrected chi connectivity index (χ4v) is 2.52. The molecule has 0 heterocycles. The van der Waals surface area contributed by atoms with E-state index in [0.29, 0.717) is 28.4 Å². The van der Waals surface area contributed by atoms with Crippen molar-refractivity contribution in [3.63, 3.8) is 0 Å². The van der Waals surface area contributed by atoms with Gasteiger partial charge in [-0.1, -0.05) is 24.6 Å². The third-order valence-corrected chi connectivity index (χ3v) is 4.39. The molecule has 0 aliphatic heterocycles. The van der Waals surface area contributed by atoms with Crippen molar-refractivity contribution in [2.24, 2.45) is 0 Å². The number of aryl methyl sites for hydroxylation is 2. The van der Waals surface area contributed by atoms with Crippen molar-refractivity contribution in [2.45, 2.75) is 33.3 Å². The Morgan fingerprint density at radius 2 is 1.85 bits per heavy atom. The van der Waals surface area contributed by atoms with Crippen LogP contribution in [0.4, 0.5) is 5.69 Å². The lowest BCUT2D eigenvalue weighted by atomic mass is 10.1. The largest absolute Gasteiger partial charge is 0.481 e. The van der Waals surface area contributed by atoms with Crippen molar-refractivity contribution in [2.75, 3.05) is 12.4 Å². The van der Waals surface area contributed by atoms with E-state index >= 15 is 0 Å². The van der Waals surface area contributed by atoms with Crippen LogP contribution in [0, 0.1) is 13.8 Å². The molecule has 0 aliphatic carbocycles. The number of ether oxygens (including phenoxy) is 2. The van der Waals surface area contributed by atoms with Gasteiger partial charge in [-0.3, -0.25) is 4.79 Å². The summed E-state index contributed by atoms with van der Waals surface area (Å²) in [5.41, 5.74) is 2.88. The second-order valence-electron chi connectivity index (χ2n) is 5.94. The minimum atomic E-state index is -0.685. The van der Waals surface area contributed by atoms with Crippen LogP contribution in [0.1, 0.15) is 34.8 Å². The van der Waals surface area contributed by atoms with Crippen molar-refractivity contribution in [1.29, 1.82) is 0 Å². The number of hydrogen-bond donors (Lipinski definition) is 1. The van der Waals surface area contributed by atoms with Gasteiger partial charge in [0.05, 0.1) is 23.4 Å². The summed E-state index contributed by atoms with van der Waals surface area (Å²) in [6.45, 7) is 5.86. The third kappa shape index (κ3) is 4.76. The maximum Gasteiger partial charge on any atom is 0.337 e. The summed E-state index contributed by atoms with van der Waals surface area (Å²) in [6, 6.07) is 10.2. The molecule has 5 nitrogen and oxygen atoms in total. The number of anilines is 1. The molecule has 0 spiro atoms. The molecule has 1 amide bonds. The fourth-order valence-electron chi connectivity index (χ4n) is 2.35. The zero-order valence-electron chi connectivity index (χ0n) is 15.3. The van der Waals surface area contributed by atoms with Crippen molar-refractivity contribution in [1.82, 2.24) is 0 Å². The summed E-state index contributed by atoms with van der Waals surface area (Å²) in [7, 11) is 1.29. The number of methoxy groups -OCH3 is 1. The highest BCUT2D eigenvalue weighted by Crippen LogP contribution is 2.25. The Kier molecular flexibility index (Phi) is 6.64. The molecule has 138 valence electrons. The molecular formula is C20H22ClNO4. The fraction of sp³-hybridized carbons (Fsp3) is 0.300. The van der Waals surface area contributed by atoms with E-state index in [1.54, 1.807) is 0 Å². The van der Waals surface area contributed by atoms with E-state index in [4.69, 9.17) is 16.3 Å². The SMILES string of the molecule is CCC(Oc1ccc(C)c(C)c1)C(=O)Nc1cc(C(=O)OC)ccc1Cl. The number of halogens is 1. The number of benzene rings is 2. The zero-order chi connectivity index (χ0) is 19.3. The number of rotatable bonds is 6. The number of amides is 1. The van der Waals surface area contributed by atoms with Crippen molar-refractivity contribution < 1.29 is 19.1 Å². The lowest BCUT2D eigenvalue weighted by Gasteiger charge is -2.18. The summed E-state index contributed by atoms with van der Waals surface area (Å²) in [5, 5.41) is 3.05. The smallest absolute Gasteiger partial charge is 0.337 e. The maximum absolute atomic E-state index is 12.6. The van der Waals surface area contributed by atoms with Crippen LogP contribution >= 0.6 is 11.6 Å². The molecule has 1 unspecified atom stereocenters. The molecule has 0 radical (unpaired) electrons. The van der Waals surface area contributed by atoms with Crippen LogP contribution in [0.5, 0.6) is 5.75 Å². The second-order valence-corrected chi connectivity index (χ2v) is 6.34. The van der Waals surface area contributed by atoms with E-state index < -0.39 is 12.1 Å². The molecular weight excluding hydrogens is 354 g/mol.